The molecule has 0 aliphatic heterocycles. The highest BCUT2D eigenvalue weighted by Gasteiger charge is 2.19. The van der Waals surface area contributed by atoms with Crippen LogP contribution in [0.1, 0.15) is 29.9 Å². The molecule has 1 aromatic carbocycles. The Labute approximate surface area is 171 Å². The predicted molar refractivity (Wildman–Crippen MR) is 108 cm³/mol. The van der Waals surface area contributed by atoms with Crippen LogP contribution in [-0.2, 0) is 20.9 Å². The van der Waals surface area contributed by atoms with Crippen molar-refractivity contribution in [1.82, 2.24) is 4.98 Å². The summed E-state index contributed by atoms with van der Waals surface area (Å²) in [6, 6.07) is 4.07. The number of methoxy groups -OCH3 is 1. The number of benzene rings is 1. The van der Waals surface area contributed by atoms with E-state index in [9.17, 15) is 19.7 Å². The van der Waals surface area contributed by atoms with Crippen LogP contribution in [0, 0.1) is 10.1 Å². The number of nitro groups is 1. The molecule has 11 heteroatoms. The molecule has 0 atom stereocenters. The number of ether oxygens (including phenoxy) is 2. The molecule has 0 aliphatic carbocycles. The summed E-state index contributed by atoms with van der Waals surface area (Å²) >= 11 is 1.27. The summed E-state index contributed by atoms with van der Waals surface area (Å²) in [6.45, 7) is 4.44. The minimum absolute atomic E-state index is 0.0587. The first-order chi connectivity index (χ1) is 13.9. The van der Waals surface area contributed by atoms with Gasteiger partial charge < -0.3 is 14.8 Å². The molecule has 0 saturated carbocycles. The first kappa shape index (κ1) is 22.2. The monoisotopic (exact) mass is 422 g/mol. The van der Waals surface area contributed by atoms with E-state index in [4.69, 9.17) is 9.47 Å². The summed E-state index contributed by atoms with van der Waals surface area (Å²) < 4.78 is 10.1. The SMILES string of the molecule is CCN(C(C)=O)c1nc(COC(=O)c2ccc(NCCOC)c([N+](=O)[O-])c2)cs1. The smallest absolute Gasteiger partial charge is 0.338 e. The Morgan fingerprint density at radius 1 is 1.38 bits per heavy atom. The fourth-order valence-electron chi connectivity index (χ4n) is 2.45. The molecular weight excluding hydrogens is 400 g/mol. The van der Waals surface area contributed by atoms with Crippen molar-refractivity contribution in [3.05, 3.63) is 45.0 Å². The quantitative estimate of drug-likeness (QED) is 0.268. The molecule has 0 radical (unpaired) electrons. The summed E-state index contributed by atoms with van der Waals surface area (Å²) in [6.07, 6.45) is 0. The van der Waals surface area contributed by atoms with Gasteiger partial charge in [0.15, 0.2) is 5.13 Å². The maximum atomic E-state index is 12.3. The van der Waals surface area contributed by atoms with Crippen molar-refractivity contribution in [2.45, 2.75) is 20.5 Å². The lowest BCUT2D eigenvalue weighted by Gasteiger charge is -2.14. The molecule has 1 heterocycles. The Balaban J connectivity index is 2.05. The molecule has 0 bridgehead atoms. The van der Waals surface area contributed by atoms with Crippen LogP contribution in [0.15, 0.2) is 23.6 Å². The molecule has 10 nitrogen and oxygen atoms in total. The third-order valence-corrected chi connectivity index (χ3v) is 4.78. The first-order valence-corrected chi connectivity index (χ1v) is 9.66. The van der Waals surface area contributed by atoms with Crippen molar-refractivity contribution in [3.8, 4) is 0 Å². The molecule has 29 heavy (non-hydrogen) atoms. The van der Waals surface area contributed by atoms with Crippen LogP contribution < -0.4 is 10.2 Å². The number of carbonyl (C=O) groups excluding carboxylic acids is 2. The lowest BCUT2D eigenvalue weighted by atomic mass is 10.1. The van der Waals surface area contributed by atoms with Crippen molar-refractivity contribution in [2.75, 3.05) is 37.0 Å². The number of anilines is 2. The van der Waals surface area contributed by atoms with Crippen LogP contribution in [-0.4, -0.2) is 48.6 Å². The second-order valence-electron chi connectivity index (χ2n) is 5.87. The molecule has 0 spiro atoms. The number of nitrogens with zero attached hydrogens (tertiary/aromatic N) is 3. The van der Waals surface area contributed by atoms with E-state index in [-0.39, 0.29) is 29.5 Å². The van der Waals surface area contributed by atoms with E-state index in [1.807, 2.05) is 6.92 Å². The van der Waals surface area contributed by atoms with E-state index in [0.717, 1.165) is 0 Å². The third-order valence-electron chi connectivity index (χ3n) is 3.87. The Morgan fingerprint density at radius 2 is 2.14 bits per heavy atom. The van der Waals surface area contributed by atoms with Crippen LogP contribution in [0.5, 0.6) is 0 Å². The van der Waals surface area contributed by atoms with Crippen LogP contribution in [0.3, 0.4) is 0 Å². The number of aromatic nitrogens is 1. The maximum Gasteiger partial charge on any atom is 0.338 e. The largest absolute Gasteiger partial charge is 0.456 e. The van der Waals surface area contributed by atoms with Gasteiger partial charge in [-0.2, -0.15) is 0 Å². The van der Waals surface area contributed by atoms with Crippen LogP contribution >= 0.6 is 11.3 Å². The minimum Gasteiger partial charge on any atom is -0.456 e. The van der Waals surface area contributed by atoms with Gasteiger partial charge >= 0.3 is 5.97 Å². The molecule has 0 unspecified atom stereocenters. The summed E-state index contributed by atoms with van der Waals surface area (Å²) in [4.78, 5) is 40.4. The zero-order chi connectivity index (χ0) is 21.4. The van der Waals surface area contributed by atoms with E-state index < -0.39 is 10.9 Å². The van der Waals surface area contributed by atoms with Gasteiger partial charge in [-0.05, 0) is 19.1 Å². The number of carbonyl (C=O) groups is 2. The van der Waals surface area contributed by atoms with Gasteiger partial charge in [0.1, 0.15) is 12.3 Å². The highest BCUT2D eigenvalue weighted by molar-refractivity contribution is 7.14. The molecule has 1 amide bonds. The number of hydrogen-bond donors (Lipinski definition) is 1. The molecule has 156 valence electrons. The second-order valence-corrected chi connectivity index (χ2v) is 6.71. The van der Waals surface area contributed by atoms with Gasteiger partial charge in [-0.15, -0.1) is 11.3 Å². The summed E-state index contributed by atoms with van der Waals surface area (Å²) in [5, 5.41) is 16.4. The predicted octanol–water partition coefficient (Wildman–Crippen LogP) is 2.84. The molecule has 1 N–H and O–H groups in total. The molecule has 0 fully saturated rings. The number of nitro benzene ring substituents is 1. The van der Waals surface area contributed by atoms with E-state index in [0.29, 0.717) is 30.5 Å². The molecule has 2 aromatic rings. The molecule has 1 aromatic heterocycles. The zero-order valence-corrected chi connectivity index (χ0v) is 17.2. The number of rotatable bonds is 10. The molecular formula is C18H22N4O6S. The van der Waals surface area contributed by atoms with Crippen molar-refractivity contribution in [1.29, 1.82) is 0 Å². The fourth-order valence-corrected chi connectivity index (χ4v) is 3.37. The van der Waals surface area contributed by atoms with Crippen molar-refractivity contribution in [2.24, 2.45) is 0 Å². The van der Waals surface area contributed by atoms with E-state index >= 15 is 0 Å². The average molecular weight is 422 g/mol. The van der Waals surface area contributed by atoms with Gasteiger partial charge in [-0.3, -0.25) is 19.8 Å². The topological polar surface area (TPSA) is 124 Å². The summed E-state index contributed by atoms with van der Waals surface area (Å²) in [5.74, 6) is -0.832. The van der Waals surface area contributed by atoms with Crippen LogP contribution in [0.4, 0.5) is 16.5 Å². The van der Waals surface area contributed by atoms with Gasteiger partial charge in [0.25, 0.3) is 5.69 Å². The number of hydrogen-bond acceptors (Lipinski definition) is 9. The van der Waals surface area contributed by atoms with E-state index in [1.165, 1.54) is 48.5 Å². The Bertz CT molecular complexity index is 885. The Hall–Kier alpha value is -3.05. The zero-order valence-electron chi connectivity index (χ0n) is 16.3. The molecule has 2 rings (SSSR count). The van der Waals surface area contributed by atoms with Crippen molar-refractivity contribution >= 4 is 39.7 Å². The summed E-state index contributed by atoms with van der Waals surface area (Å²) in [5.41, 5.74) is 0.608. The number of amides is 1. The first-order valence-electron chi connectivity index (χ1n) is 8.78. The Kier molecular flexibility index (Phi) is 8.04. The lowest BCUT2D eigenvalue weighted by Crippen LogP contribution is -2.27. The minimum atomic E-state index is -0.704. The third kappa shape index (κ3) is 5.96. The maximum absolute atomic E-state index is 12.3. The van der Waals surface area contributed by atoms with Crippen molar-refractivity contribution in [3.63, 3.8) is 0 Å². The van der Waals surface area contributed by atoms with Gasteiger partial charge in [-0.1, -0.05) is 0 Å². The van der Waals surface area contributed by atoms with Gasteiger partial charge in [0.05, 0.1) is 22.8 Å². The van der Waals surface area contributed by atoms with Crippen LogP contribution in [0.25, 0.3) is 0 Å². The van der Waals surface area contributed by atoms with Crippen molar-refractivity contribution < 1.29 is 24.0 Å². The standard InChI is InChI=1S/C18H22N4O6S/c1-4-21(12(2)23)18-20-14(11-29-18)10-28-17(24)13-5-6-15(19-7-8-27-3)16(9-13)22(25)26/h5-6,9,11,19H,4,7-8,10H2,1-3H3. The number of esters is 1. The normalized spacial score (nSPS) is 10.4. The highest BCUT2D eigenvalue weighted by atomic mass is 32.1. The van der Waals surface area contributed by atoms with Gasteiger partial charge in [0.2, 0.25) is 5.91 Å². The van der Waals surface area contributed by atoms with Gasteiger partial charge in [-0.25, -0.2) is 9.78 Å². The number of nitrogens with one attached hydrogen (secondary N) is 1. The van der Waals surface area contributed by atoms with E-state index in [2.05, 4.69) is 10.3 Å². The Morgan fingerprint density at radius 3 is 2.76 bits per heavy atom. The number of thiazole rings is 1. The molecule has 0 saturated heterocycles. The highest BCUT2D eigenvalue weighted by Crippen LogP contribution is 2.26. The summed E-state index contributed by atoms with van der Waals surface area (Å²) in [7, 11) is 1.53. The average Bonchev–Trinajstić information content (AvgIpc) is 3.15. The molecule has 0 aliphatic rings. The van der Waals surface area contributed by atoms with Gasteiger partial charge in [0, 0.05) is 38.6 Å². The second kappa shape index (κ2) is 10.5. The van der Waals surface area contributed by atoms with E-state index in [1.54, 1.807) is 5.38 Å². The fraction of sp³-hybridized carbons (Fsp3) is 0.389. The lowest BCUT2D eigenvalue weighted by molar-refractivity contribution is -0.384. The van der Waals surface area contributed by atoms with Crippen LogP contribution in [0.2, 0.25) is 0 Å².